The van der Waals surface area contributed by atoms with E-state index in [9.17, 15) is 4.79 Å². The number of rotatable bonds is 4. The Labute approximate surface area is 116 Å². The first kappa shape index (κ1) is 13.1. The molecule has 1 aliphatic heterocycles. The van der Waals surface area contributed by atoms with E-state index in [1.807, 2.05) is 12.1 Å². The number of amides is 1. The van der Waals surface area contributed by atoms with Gasteiger partial charge < -0.3 is 16.4 Å². The number of nitrogens with two attached hydrogens (primary N) is 1. The fourth-order valence-electron chi connectivity index (χ4n) is 1.88. The van der Waals surface area contributed by atoms with Crippen LogP contribution in [-0.2, 0) is 4.79 Å². The normalized spacial score (nSPS) is 18.5. The second-order valence-corrected chi connectivity index (χ2v) is 5.09. The summed E-state index contributed by atoms with van der Waals surface area (Å²) < 4.78 is 0. The maximum absolute atomic E-state index is 11.1. The fraction of sp³-hybridized carbons (Fsp3) is 0.333. The van der Waals surface area contributed by atoms with E-state index in [0.29, 0.717) is 23.0 Å². The van der Waals surface area contributed by atoms with Crippen LogP contribution in [0.3, 0.4) is 0 Å². The van der Waals surface area contributed by atoms with Crippen molar-refractivity contribution >= 4 is 40.4 Å². The van der Waals surface area contributed by atoms with Crippen LogP contribution in [0.25, 0.3) is 0 Å². The van der Waals surface area contributed by atoms with Gasteiger partial charge in [-0.1, -0.05) is 23.8 Å². The second kappa shape index (κ2) is 5.54. The molecule has 1 aromatic carbocycles. The Morgan fingerprint density at radius 2 is 2.39 bits per heavy atom. The lowest BCUT2D eigenvalue weighted by Gasteiger charge is -2.14. The number of thiocarbonyl (C=S) groups is 1. The zero-order chi connectivity index (χ0) is 13.1. The summed E-state index contributed by atoms with van der Waals surface area (Å²) in [6.45, 7) is 0.665. The summed E-state index contributed by atoms with van der Waals surface area (Å²) >= 11 is 11.0. The second-order valence-electron chi connectivity index (χ2n) is 4.24. The van der Waals surface area contributed by atoms with Gasteiger partial charge in [0.2, 0.25) is 5.91 Å². The van der Waals surface area contributed by atoms with Crippen molar-refractivity contribution in [2.45, 2.75) is 18.9 Å². The number of benzene rings is 1. The van der Waals surface area contributed by atoms with Gasteiger partial charge in [-0.05, 0) is 24.6 Å². The molecule has 1 amide bonds. The van der Waals surface area contributed by atoms with Gasteiger partial charge in [0, 0.05) is 24.6 Å². The first-order valence-corrected chi connectivity index (χ1v) is 6.47. The maximum Gasteiger partial charge on any atom is 0.220 e. The molecule has 4 nitrogen and oxygen atoms in total. The van der Waals surface area contributed by atoms with Crippen LogP contribution >= 0.6 is 23.8 Å². The molecule has 18 heavy (non-hydrogen) atoms. The Hall–Kier alpha value is -1.33. The topological polar surface area (TPSA) is 67.1 Å². The van der Waals surface area contributed by atoms with E-state index < -0.39 is 0 Å². The molecule has 1 saturated heterocycles. The van der Waals surface area contributed by atoms with Crippen LogP contribution < -0.4 is 16.4 Å². The van der Waals surface area contributed by atoms with Gasteiger partial charge in [-0.3, -0.25) is 4.79 Å². The molecule has 1 unspecified atom stereocenters. The lowest BCUT2D eigenvalue weighted by atomic mass is 10.2. The van der Waals surface area contributed by atoms with E-state index in [1.54, 1.807) is 6.07 Å². The van der Waals surface area contributed by atoms with Gasteiger partial charge in [-0.15, -0.1) is 0 Å². The summed E-state index contributed by atoms with van der Waals surface area (Å²) in [5.41, 5.74) is 7.09. The third-order valence-electron chi connectivity index (χ3n) is 2.88. The van der Waals surface area contributed by atoms with Crippen LogP contribution in [0, 0.1) is 0 Å². The zero-order valence-corrected chi connectivity index (χ0v) is 11.3. The molecular weight excluding hydrogens is 270 g/mol. The summed E-state index contributed by atoms with van der Waals surface area (Å²) in [6.07, 6.45) is 1.45. The number of halogens is 1. The predicted octanol–water partition coefficient (Wildman–Crippen LogP) is 1.66. The Kier molecular flexibility index (Phi) is 4.04. The van der Waals surface area contributed by atoms with Gasteiger partial charge in [-0.25, -0.2) is 0 Å². The molecule has 2 rings (SSSR count). The van der Waals surface area contributed by atoms with Crippen LogP contribution in [0.5, 0.6) is 0 Å². The van der Waals surface area contributed by atoms with Crippen molar-refractivity contribution in [1.82, 2.24) is 5.32 Å². The predicted molar refractivity (Wildman–Crippen MR) is 77.0 cm³/mol. The Morgan fingerprint density at radius 1 is 1.61 bits per heavy atom. The molecule has 0 bridgehead atoms. The molecular formula is C12H14ClN3OS. The summed E-state index contributed by atoms with van der Waals surface area (Å²) in [5, 5.41) is 6.67. The van der Waals surface area contributed by atoms with Gasteiger partial charge in [0.05, 0.1) is 10.7 Å². The van der Waals surface area contributed by atoms with E-state index in [4.69, 9.17) is 29.6 Å². The number of nitrogens with one attached hydrogen (secondary N) is 2. The molecule has 1 atom stereocenters. The molecule has 6 heteroatoms. The highest BCUT2D eigenvalue weighted by atomic mass is 35.5. The minimum absolute atomic E-state index is 0.108. The van der Waals surface area contributed by atoms with E-state index in [0.717, 1.165) is 17.7 Å². The number of anilines is 1. The van der Waals surface area contributed by atoms with Crippen molar-refractivity contribution < 1.29 is 4.79 Å². The van der Waals surface area contributed by atoms with Crippen LogP contribution in [-0.4, -0.2) is 23.5 Å². The van der Waals surface area contributed by atoms with Gasteiger partial charge in [0.15, 0.2) is 0 Å². The third-order valence-corrected chi connectivity index (χ3v) is 3.43. The van der Waals surface area contributed by atoms with Crippen molar-refractivity contribution in [3.8, 4) is 0 Å². The zero-order valence-electron chi connectivity index (χ0n) is 9.70. The smallest absolute Gasteiger partial charge is 0.220 e. The minimum atomic E-state index is 0.108. The quantitative estimate of drug-likeness (QED) is 0.736. The van der Waals surface area contributed by atoms with Crippen molar-refractivity contribution in [3.05, 3.63) is 28.8 Å². The summed E-state index contributed by atoms with van der Waals surface area (Å²) in [6, 6.07) is 5.57. The molecule has 0 saturated carbocycles. The number of hydrogen-bond acceptors (Lipinski definition) is 3. The molecule has 1 aliphatic rings. The first-order valence-electron chi connectivity index (χ1n) is 5.69. The van der Waals surface area contributed by atoms with Gasteiger partial charge in [0.25, 0.3) is 0 Å². The molecule has 1 fully saturated rings. The van der Waals surface area contributed by atoms with Crippen molar-refractivity contribution in [3.63, 3.8) is 0 Å². The average Bonchev–Trinajstić information content (AvgIpc) is 2.73. The SMILES string of the molecule is NC(=S)c1ccc(NCC2CCC(=O)N2)c(Cl)c1. The molecule has 4 N–H and O–H groups in total. The minimum Gasteiger partial charge on any atom is -0.389 e. The lowest BCUT2D eigenvalue weighted by molar-refractivity contribution is -0.119. The third kappa shape index (κ3) is 3.11. The van der Waals surface area contributed by atoms with Gasteiger partial charge in [0.1, 0.15) is 4.99 Å². The van der Waals surface area contributed by atoms with Crippen LogP contribution in [0.2, 0.25) is 5.02 Å². The average molecular weight is 284 g/mol. The Balaban J connectivity index is 1.97. The largest absolute Gasteiger partial charge is 0.389 e. The standard InChI is InChI=1S/C12H14ClN3OS/c13-9-5-7(12(14)18)1-3-10(9)15-6-8-2-4-11(17)16-8/h1,3,5,8,15H,2,4,6H2,(H2,14,18)(H,16,17). The van der Waals surface area contributed by atoms with Crippen molar-refractivity contribution in [1.29, 1.82) is 0 Å². The first-order chi connectivity index (χ1) is 8.56. The lowest BCUT2D eigenvalue weighted by Crippen LogP contribution is -2.31. The number of carbonyl (C=O) groups excluding carboxylic acids is 1. The van der Waals surface area contributed by atoms with Crippen molar-refractivity contribution in [2.75, 3.05) is 11.9 Å². The molecule has 0 radical (unpaired) electrons. The van der Waals surface area contributed by atoms with Crippen LogP contribution in [0.4, 0.5) is 5.69 Å². The van der Waals surface area contributed by atoms with Gasteiger partial charge >= 0.3 is 0 Å². The van der Waals surface area contributed by atoms with Crippen molar-refractivity contribution in [2.24, 2.45) is 5.73 Å². The Bertz CT molecular complexity index is 492. The molecule has 1 heterocycles. The highest BCUT2D eigenvalue weighted by Gasteiger charge is 2.20. The molecule has 0 aliphatic carbocycles. The Morgan fingerprint density at radius 3 is 2.94 bits per heavy atom. The number of carbonyl (C=O) groups is 1. The van der Waals surface area contributed by atoms with E-state index >= 15 is 0 Å². The molecule has 1 aromatic rings. The fourth-order valence-corrected chi connectivity index (χ4v) is 2.25. The summed E-state index contributed by atoms with van der Waals surface area (Å²) in [7, 11) is 0. The summed E-state index contributed by atoms with van der Waals surface area (Å²) in [5.74, 6) is 0.108. The van der Waals surface area contributed by atoms with Crippen LogP contribution in [0.15, 0.2) is 18.2 Å². The molecule has 0 aromatic heterocycles. The summed E-state index contributed by atoms with van der Waals surface area (Å²) in [4.78, 5) is 11.4. The monoisotopic (exact) mass is 283 g/mol. The molecule has 96 valence electrons. The van der Waals surface area contributed by atoms with E-state index in [2.05, 4.69) is 10.6 Å². The van der Waals surface area contributed by atoms with Crippen LogP contribution in [0.1, 0.15) is 18.4 Å². The van der Waals surface area contributed by atoms with E-state index in [1.165, 1.54) is 0 Å². The number of hydrogen-bond donors (Lipinski definition) is 3. The maximum atomic E-state index is 11.1. The highest BCUT2D eigenvalue weighted by molar-refractivity contribution is 7.80. The highest BCUT2D eigenvalue weighted by Crippen LogP contribution is 2.23. The van der Waals surface area contributed by atoms with E-state index in [-0.39, 0.29) is 11.9 Å². The van der Waals surface area contributed by atoms with Gasteiger partial charge in [-0.2, -0.15) is 0 Å². The molecule has 0 spiro atoms.